The average molecular weight is 473 g/mol. The Kier molecular flexibility index (Phi) is 14.2. The van der Waals surface area contributed by atoms with Crippen LogP contribution in [0, 0.1) is 0 Å². The van der Waals surface area contributed by atoms with Crippen molar-refractivity contribution in [3.63, 3.8) is 0 Å². The molecule has 0 heterocycles. The van der Waals surface area contributed by atoms with Crippen molar-refractivity contribution in [1.29, 1.82) is 0 Å². The first-order valence-corrected chi connectivity index (χ1v) is 12.4. The molecule has 2 aromatic rings. The van der Waals surface area contributed by atoms with E-state index in [9.17, 15) is 18.1 Å². The van der Waals surface area contributed by atoms with Gasteiger partial charge in [-0.05, 0) is 36.6 Å². The molecule has 31 heavy (non-hydrogen) atoms. The molecule has 0 atom stereocenters. The van der Waals surface area contributed by atoms with Crippen molar-refractivity contribution in [2.75, 3.05) is 0 Å². The number of para-hydroxylation sites is 1. The van der Waals surface area contributed by atoms with Crippen LogP contribution in [0.15, 0.2) is 47.4 Å². The molecule has 0 unspecified atom stereocenters. The Labute approximate surface area is 229 Å². The van der Waals surface area contributed by atoms with Gasteiger partial charge in [-0.15, -0.1) is 5.75 Å². The van der Waals surface area contributed by atoms with E-state index in [0.717, 1.165) is 19.3 Å². The Morgan fingerprint density at radius 3 is 2.03 bits per heavy atom. The van der Waals surface area contributed by atoms with Gasteiger partial charge in [0.15, 0.2) is 5.75 Å². The summed E-state index contributed by atoms with van der Waals surface area (Å²) in [6.07, 6.45) is 12.8. The molecule has 2 rings (SSSR count). The Bertz CT molecular complexity index is 883. The fourth-order valence-electron chi connectivity index (χ4n) is 3.54. The topological polar surface area (TPSA) is 86.7 Å². The van der Waals surface area contributed by atoms with Gasteiger partial charge < -0.3 is 9.84 Å². The third-order valence-electron chi connectivity index (χ3n) is 5.16. The van der Waals surface area contributed by atoms with Gasteiger partial charge in [-0.3, -0.25) is 4.55 Å². The van der Waals surface area contributed by atoms with E-state index in [1.807, 2.05) is 0 Å². The summed E-state index contributed by atoms with van der Waals surface area (Å²) in [6.45, 7) is 2.23. The standard InChI is InChI=1S/C24H34O5S.K/c1-2-3-4-5-6-7-8-9-10-11-14-20-15-12-18-23(30(26,27)28)24(20)29-22-17-13-16-21(25)19-22;/h12-13,15-19,25H,2-11,14H2,1H3,(H,26,27,28);/q;+1/p-1. The van der Waals surface area contributed by atoms with Crippen LogP contribution >= 0.6 is 0 Å². The van der Waals surface area contributed by atoms with E-state index in [-0.39, 0.29) is 73.5 Å². The second kappa shape index (κ2) is 15.4. The molecule has 0 fully saturated rings. The molecule has 0 aliphatic rings. The fourth-order valence-corrected chi connectivity index (χ4v) is 4.19. The third kappa shape index (κ3) is 10.8. The molecule has 5 nitrogen and oxygen atoms in total. The zero-order valence-electron chi connectivity index (χ0n) is 18.8. The predicted octanol–water partition coefficient (Wildman–Crippen LogP) is 3.27. The van der Waals surface area contributed by atoms with E-state index >= 15 is 0 Å². The largest absolute Gasteiger partial charge is 1.00 e. The van der Waals surface area contributed by atoms with Crippen molar-refractivity contribution in [2.24, 2.45) is 0 Å². The van der Waals surface area contributed by atoms with Gasteiger partial charge in [0.25, 0.3) is 10.1 Å². The minimum absolute atomic E-state index is 0. The van der Waals surface area contributed by atoms with E-state index in [4.69, 9.17) is 4.74 Å². The molecule has 0 aromatic heterocycles. The number of rotatable bonds is 14. The van der Waals surface area contributed by atoms with Crippen LogP contribution in [-0.4, -0.2) is 13.0 Å². The summed E-state index contributed by atoms with van der Waals surface area (Å²) in [5.41, 5.74) is 0.709. The normalized spacial score (nSPS) is 11.2. The third-order valence-corrected chi connectivity index (χ3v) is 6.04. The number of benzene rings is 2. The Morgan fingerprint density at radius 2 is 1.45 bits per heavy atom. The van der Waals surface area contributed by atoms with Gasteiger partial charge in [-0.1, -0.05) is 89.0 Å². The molecule has 0 aliphatic carbocycles. The van der Waals surface area contributed by atoms with Crippen LogP contribution in [-0.2, 0) is 16.5 Å². The number of hydrogen-bond acceptors (Lipinski definition) is 4. The molecular formula is C24H33KO5S. The van der Waals surface area contributed by atoms with E-state index in [0.29, 0.717) is 12.0 Å². The summed E-state index contributed by atoms with van der Waals surface area (Å²) in [5, 5.41) is 11.6. The van der Waals surface area contributed by atoms with Crippen molar-refractivity contribution in [2.45, 2.75) is 82.4 Å². The minimum Gasteiger partial charge on any atom is -0.872 e. The fraction of sp³-hybridized carbons (Fsp3) is 0.500. The van der Waals surface area contributed by atoms with Crippen molar-refractivity contribution in [3.05, 3.63) is 48.0 Å². The molecule has 0 saturated carbocycles. The molecule has 0 saturated heterocycles. The Hall–Kier alpha value is -0.414. The van der Waals surface area contributed by atoms with Gasteiger partial charge in [0.1, 0.15) is 10.6 Å². The molecular weight excluding hydrogens is 439 g/mol. The van der Waals surface area contributed by atoms with Gasteiger partial charge in [-0.25, -0.2) is 0 Å². The van der Waals surface area contributed by atoms with Crippen molar-refractivity contribution < 1.29 is 74.2 Å². The summed E-state index contributed by atoms with van der Waals surface area (Å²) in [6, 6.07) is 10.6. The van der Waals surface area contributed by atoms with Gasteiger partial charge in [0, 0.05) is 0 Å². The molecule has 0 radical (unpaired) electrons. The quantitative estimate of drug-likeness (QED) is 0.259. The molecule has 0 bridgehead atoms. The van der Waals surface area contributed by atoms with E-state index < -0.39 is 10.1 Å². The van der Waals surface area contributed by atoms with E-state index in [2.05, 4.69) is 6.92 Å². The van der Waals surface area contributed by atoms with Crippen LogP contribution in [0.3, 0.4) is 0 Å². The van der Waals surface area contributed by atoms with Crippen LogP contribution < -0.4 is 61.2 Å². The first kappa shape index (κ1) is 28.6. The Balaban J connectivity index is 0.00000480. The van der Waals surface area contributed by atoms with Crippen LogP contribution in [0.4, 0.5) is 0 Å². The van der Waals surface area contributed by atoms with E-state index in [1.165, 1.54) is 63.1 Å². The summed E-state index contributed by atoms with van der Waals surface area (Å²) in [5.74, 6) is 0.123. The van der Waals surface area contributed by atoms with Crippen molar-refractivity contribution in [3.8, 4) is 17.2 Å². The smallest absolute Gasteiger partial charge is 0.872 e. The van der Waals surface area contributed by atoms with Crippen LogP contribution in [0.5, 0.6) is 17.2 Å². The number of aryl methyl sites for hydroxylation is 1. The van der Waals surface area contributed by atoms with Gasteiger partial charge in [-0.2, -0.15) is 8.42 Å². The molecule has 0 spiro atoms. The number of unbranched alkanes of at least 4 members (excludes halogenated alkanes) is 9. The molecule has 1 N–H and O–H groups in total. The maximum absolute atomic E-state index is 11.8. The summed E-state index contributed by atoms with van der Waals surface area (Å²) >= 11 is 0. The van der Waals surface area contributed by atoms with Crippen molar-refractivity contribution in [1.82, 2.24) is 0 Å². The molecule has 2 aromatic carbocycles. The zero-order chi connectivity index (χ0) is 21.8. The molecule has 7 heteroatoms. The zero-order valence-corrected chi connectivity index (χ0v) is 22.7. The van der Waals surface area contributed by atoms with Gasteiger partial charge >= 0.3 is 51.4 Å². The Morgan fingerprint density at radius 1 is 0.871 bits per heavy atom. The first-order chi connectivity index (χ1) is 14.4. The summed E-state index contributed by atoms with van der Waals surface area (Å²) in [7, 11) is -4.44. The SMILES string of the molecule is CCCCCCCCCCCCc1cccc(S(=O)(=O)O)c1Oc1cccc([O-])c1.[K+]. The summed E-state index contributed by atoms with van der Waals surface area (Å²) in [4.78, 5) is -0.275. The second-order valence-electron chi connectivity index (χ2n) is 7.73. The van der Waals surface area contributed by atoms with Gasteiger partial charge in [0.2, 0.25) is 0 Å². The van der Waals surface area contributed by atoms with Crippen LogP contribution in [0.2, 0.25) is 0 Å². The maximum Gasteiger partial charge on any atom is 1.00 e. The molecule has 0 amide bonds. The van der Waals surface area contributed by atoms with Gasteiger partial charge in [0.05, 0.1) is 0 Å². The molecule has 166 valence electrons. The predicted molar refractivity (Wildman–Crippen MR) is 118 cm³/mol. The van der Waals surface area contributed by atoms with E-state index in [1.54, 1.807) is 24.3 Å². The van der Waals surface area contributed by atoms with Crippen LogP contribution in [0.1, 0.15) is 76.7 Å². The molecule has 0 aliphatic heterocycles. The minimum atomic E-state index is -4.44. The summed E-state index contributed by atoms with van der Waals surface area (Å²) < 4.78 is 39.0. The first-order valence-electron chi connectivity index (χ1n) is 11.0. The average Bonchev–Trinajstić information content (AvgIpc) is 2.69. The number of hydrogen-bond donors (Lipinski definition) is 1. The maximum atomic E-state index is 11.8. The number of ether oxygens (including phenoxy) is 1. The van der Waals surface area contributed by atoms with Crippen LogP contribution in [0.25, 0.3) is 0 Å². The monoisotopic (exact) mass is 472 g/mol. The second-order valence-corrected chi connectivity index (χ2v) is 9.12. The van der Waals surface area contributed by atoms with Crippen molar-refractivity contribution >= 4 is 10.1 Å².